The number of carbonyl (C=O) groups excluding carboxylic acids is 1. The largest absolute Gasteiger partial charge is 0.493 e. The van der Waals surface area contributed by atoms with Crippen molar-refractivity contribution in [2.75, 3.05) is 26.6 Å². The van der Waals surface area contributed by atoms with E-state index in [4.69, 9.17) is 9.47 Å². The van der Waals surface area contributed by atoms with Gasteiger partial charge in [-0.3, -0.25) is 4.79 Å². The molecule has 1 aromatic carbocycles. The first-order valence-electron chi connectivity index (χ1n) is 5.74. The van der Waals surface area contributed by atoms with Crippen LogP contribution < -0.4 is 20.1 Å². The summed E-state index contributed by atoms with van der Waals surface area (Å²) in [5.41, 5.74) is 1.64. The summed E-state index contributed by atoms with van der Waals surface area (Å²) < 4.78 is 10.4. The van der Waals surface area contributed by atoms with Crippen LogP contribution in [-0.2, 0) is 4.79 Å². The Balaban J connectivity index is 2.99. The van der Waals surface area contributed by atoms with Gasteiger partial charge in [-0.25, -0.2) is 0 Å². The summed E-state index contributed by atoms with van der Waals surface area (Å²) in [7, 11) is 4.89. The molecule has 18 heavy (non-hydrogen) atoms. The Hall–Kier alpha value is -1.75. The summed E-state index contributed by atoms with van der Waals surface area (Å²) in [4.78, 5) is 11.8. The Morgan fingerprint density at radius 3 is 2.28 bits per heavy atom. The number of benzene rings is 1. The summed E-state index contributed by atoms with van der Waals surface area (Å²) in [6.07, 6.45) is 0. The Bertz CT molecular complexity index is 432. The van der Waals surface area contributed by atoms with Crippen LogP contribution in [0.4, 0.5) is 5.69 Å². The number of nitrogens with one attached hydrogen (secondary N) is 2. The molecule has 0 radical (unpaired) electrons. The van der Waals surface area contributed by atoms with Crippen LogP contribution in [0.2, 0.25) is 0 Å². The molecule has 0 aromatic heterocycles. The van der Waals surface area contributed by atoms with Crippen molar-refractivity contribution in [2.24, 2.45) is 0 Å². The summed E-state index contributed by atoms with van der Waals surface area (Å²) in [5.74, 6) is 1.15. The molecule has 1 atom stereocenters. The molecule has 100 valence electrons. The standard InChI is InChI=1S/C13H20N2O3/c1-8-6-11(17-4)12(18-5)7-10(8)15-13(16)9(2)14-3/h6-7,9,14H,1-5H3,(H,15,16). The van der Waals surface area contributed by atoms with Crippen LogP contribution in [0.3, 0.4) is 0 Å². The van der Waals surface area contributed by atoms with E-state index >= 15 is 0 Å². The molecule has 5 nitrogen and oxygen atoms in total. The fourth-order valence-electron chi connectivity index (χ4n) is 1.49. The molecule has 0 heterocycles. The monoisotopic (exact) mass is 252 g/mol. The molecule has 1 unspecified atom stereocenters. The third-order valence-corrected chi connectivity index (χ3v) is 2.81. The van der Waals surface area contributed by atoms with Gasteiger partial charge in [-0.05, 0) is 32.5 Å². The van der Waals surface area contributed by atoms with Crippen molar-refractivity contribution in [1.29, 1.82) is 0 Å². The van der Waals surface area contributed by atoms with Crippen LogP contribution in [-0.4, -0.2) is 33.2 Å². The van der Waals surface area contributed by atoms with Gasteiger partial charge < -0.3 is 20.1 Å². The Labute approximate surface area is 107 Å². The minimum atomic E-state index is -0.252. The normalized spacial score (nSPS) is 11.8. The number of hydrogen-bond acceptors (Lipinski definition) is 4. The number of aryl methyl sites for hydroxylation is 1. The maximum atomic E-state index is 11.8. The molecule has 0 aliphatic rings. The lowest BCUT2D eigenvalue weighted by atomic mass is 10.1. The molecule has 0 aliphatic carbocycles. The SMILES string of the molecule is CNC(C)C(=O)Nc1cc(OC)c(OC)cc1C. The lowest BCUT2D eigenvalue weighted by molar-refractivity contribution is -0.117. The second-order valence-electron chi connectivity index (χ2n) is 4.02. The number of ether oxygens (including phenoxy) is 2. The van der Waals surface area contributed by atoms with Gasteiger partial charge in [0.15, 0.2) is 11.5 Å². The summed E-state index contributed by atoms with van der Waals surface area (Å²) in [6, 6.07) is 3.34. The van der Waals surface area contributed by atoms with E-state index in [1.165, 1.54) is 0 Å². The highest BCUT2D eigenvalue weighted by Gasteiger charge is 2.14. The molecule has 0 fully saturated rings. The van der Waals surface area contributed by atoms with Crippen molar-refractivity contribution < 1.29 is 14.3 Å². The van der Waals surface area contributed by atoms with Crippen molar-refractivity contribution in [3.05, 3.63) is 17.7 Å². The van der Waals surface area contributed by atoms with Crippen LogP contribution in [0.5, 0.6) is 11.5 Å². The predicted molar refractivity (Wildman–Crippen MR) is 71.4 cm³/mol. The van der Waals surface area contributed by atoms with E-state index in [1.807, 2.05) is 13.0 Å². The minimum absolute atomic E-state index is 0.0900. The molecule has 1 aromatic rings. The minimum Gasteiger partial charge on any atom is -0.493 e. The van der Waals surface area contributed by atoms with Gasteiger partial charge in [-0.1, -0.05) is 0 Å². The third-order valence-electron chi connectivity index (χ3n) is 2.81. The zero-order valence-electron chi connectivity index (χ0n) is 11.5. The topological polar surface area (TPSA) is 59.6 Å². The number of methoxy groups -OCH3 is 2. The Morgan fingerprint density at radius 2 is 1.78 bits per heavy atom. The van der Waals surface area contributed by atoms with Crippen molar-refractivity contribution in [3.8, 4) is 11.5 Å². The molecule has 2 N–H and O–H groups in total. The number of carbonyl (C=O) groups is 1. The zero-order valence-corrected chi connectivity index (χ0v) is 11.5. The smallest absolute Gasteiger partial charge is 0.241 e. The van der Waals surface area contributed by atoms with E-state index in [0.717, 1.165) is 11.3 Å². The number of anilines is 1. The average molecular weight is 252 g/mol. The molecule has 5 heteroatoms. The number of rotatable bonds is 5. The van der Waals surface area contributed by atoms with Gasteiger partial charge in [0.05, 0.1) is 20.3 Å². The maximum absolute atomic E-state index is 11.8. The lowest BCUT2D eigenvalue weighted by Gasteiger charge is -2.15. The Morgan fingerprint density at radius 1 is 1.22 bits per heavy atom. The molecule has 0 bridgehead atoms. The van der Waals surface area contributed by atoms with Gasteiger partial charge in [-0.2, -0.15) is 0 Å². The first-order valence-corrected chi connectivity index (χ1v) is 5.74. The molecule has 0 saturated heterocycles. The fraction of sp³-hybridized carbons (Fsp3) is 0.462. The number of hydrogen-bond donors (Lipinski definition) is 2. The highest BCUT2D eigenvalue weighted by atomic mass is 16.5. The molecule has 0 saturated carbocycles. The molecule has 1 amide bonds. The molecular weight excluding hydrogens is 232 g/mol. The van der Waals surface area contributed by atoms with E-state index in [1.54, 1.807) is 34.3 Å². The van der Waals surface area contributed by atoms with Crippen LogP contribution in [0.1, 0.15) is 12.5 Å². The Kier molecular flexibility index (Phi) is 4.97. The summed E-state index contributed by atoms with van der Waals surface area (Å²) in [6.45, 7) is 3.70. The molecule has 0 aliphatic heterocycles. The van der Waals surface area contributed by atoms with Crippen molar-refractivity contribution in [2.45, 2.75) is 19.9 Å². The maximum Gasteiger partial charge on any atom is 0.241 e. The van der Waals surface area contributed by atoms with E-state index < -0.39 is 0 Å². The van der Waals surface area contributed by atoms with Gasteiger partial charge in [0, 0.05) is 11.8 Å². The van der Waals surface area contributed by atoms with E-state index in [9.17, 15) is 4.79 Å². The van der Waals surface area contributed by atoms with Gasteiger partial charge in [-0.15, -0.1) is 0 Å². The number of likely N-dealkylation sites (N-methyl/N-ethyl adjacent to an activating group) is 1. The summed E-state index contributed by atoms with van der Waals surface area (Å²) >= 11 is 0. The van der Waals surface area contributed by atoms with E-state index in [0.29, 0.717) is 11.5 Å². The van der Waals surface area contributed by atoms with Gasteiger partial charge in [0.2, 0.25) is 5.91 Å². The third kappa shape index (κ3) is 3.13. The van der Waals surface area contributed by atoms with Crippen LogP contribution in [0.25, 0.3) is 0 Å². The highest BCUT2D eigenvalue weighted by molar-refractivity contribution is 5.95. The first kappa shape index (κ1) is 14.3. The van der Waals surface area contributed by atoms with Gasteiger partial charge in [0.25, 0.3) is 0 Å². The fourth-order valence-corrected chi connectivity index (χ4v) is 1.49. The van der Waals surface area contributed by atoms with Crippen molar-refractivity contribution in [1.82, 2.24) is 5.32 Å². The highest BCUT2D eigenvalue weighted by Crippen LogP contribution is 2.32. The quantitative estimate of drug-likeness (QED) is 0.835. The molecule has 1 rings (SSSR count). The molecular formula is C13H20N2O3. The first-order chi connectivity index (χ1) is 8.53. The number of amides is 1. The second-order valence-corrected chi connectivity index (χ2v) is 4.02. The predicted octanol–water partition coefficient (Wildman–Crippen LogP) is 1.56. The zero-order chi connectivity index (χ0) is 13.7. The van der Waals surface area contributed by atoms with Crippen LogP contribution >= 0.6 is 0 Å². The van der Waals surface area contributed by atoms with Gasteiger partial charge >= 0.3 is 0 Å². The van der Waals surface area contributed by atoms with E-state index in [-0.39, 0.29) is 11.9 Å². The van der Waals surface area contributed by atoms with Crippen LogP contribution in [0.15, 0.2) is 12.1 Å². The van der Waals surface area contributed by atoms with Crippen molar-refractivity contribution >= 4 is 11.6 Å². The van der Waals surface area contributed by atoms with Crippen LogP contribution in [0, 0.1) is 6.92 Å². The van der Waals surface area contributed by atoms with Gasteiger partial charge in [0.1, 0.15) is 0 Å². The molecule has 0 spiro atoms. The van der Waals surface area contributed by atoms with E-state index in [2.05, 4.69) is 10.6 Å². The lowest BCUT2D eigenvalue weighted by Crippen LogP contribution is -2.35. The average Bonchev–Trinajstić information content (AvgIpc) is 2.39. The summed E-state index contributed by atoms with van der Waals surface area (Å²) in [5, 5.41) is 5.74. The van der Waals surface area contributed by atoms with Crippen molar-refractivity contribution in [3.63, 3.8) is 0 Å². The second kappa shape index (κ2) is 6.26.